The first-order chi connectivity index (χ1) is 13.1. The number of benzene rings is 1. The average Bonchev–Trinajstić information content (AvgIpc) is 3.00. The predicted molar refractivity (Wildman–Crippen MR) is 102 cm³/mol. The van der Waals surface area contributed by atoms with E-state index in [9.17, 15) is 14.4 Å². The predicted octanol–water partition coefficient (Wildman–Crippen LogP) is 2.66. The zero-order valence-corrected chi connectivity index (χ0v) is 15.4. The number of fused-ring (bicyclic) bond motifs is 1. The Morgan fingerprint density at radius 3 is 2.41 bits per heavy atom. The lowest BCUT2D eigenvalue weighted by Crippen LogP contribution is -2.59. The highest BCUT2D eigenvalue weighted by molar-refractivity contribution is 6.05. The molecule has 6 heteroatoms. The minimum absolute atomic E-state index is 0.00647. The van der Waals surface area contributed by atoms with Crippen LogP contribution in [0.4, 0.5) is 5.69 Å². The minimum Gasteiger partial charge on any atom is -0.339 e. The monoisotopic (exact) mass is 367 g/mol. The average molecular weight is 367 g/mol. The van der Waals surface area contributed by atoms with Gasteiger partial charge in [0.25, 0.3) is 5.91 Å². The minimum atomic E-state index is -0.325. The molecule has 3 aliphatic rings. The van der Waals surface area contributed by atoms with Crippen molar-refractivity contribution in [3.05, 3.63) is 42.0 Å². The molecule has 2 atom stereocenters. The third kappa shape index (κ3) is 3.48. The van der Waals surface area contributed by atoms with Gasteiger partial charge in [-0.2, -0.15) is 0 Å². The Kier molecular flexibility index (Phi) is 4.97. The SMILES string of the molecule is O=C1NN(c2cccc(C(=O)N3CCCCCC3)c2)C(=O)[C@H]2CC=CC[C@H]12. The van der Waals surface area contributed by atoms with Gasteiger partial charge in [-0.25, -0.2) is 5.01 Å². The smallest absolute Gasteiger partial charge is 0.253 e. The van der Waals surface area contributed by atoms with Gasteiger partial charge in [-0.3, -0.25) is 19.8 Å². The number of allylic oxidation sites excluding steroid dienone is 2. The van der Waals surface area contributed by atoms with Gasteiger partial charge < -0.3 is 4.90 Å². The van der Waals surface area contributed by atoms with Crippen LogP contribution in [-0.4, -0.2) is 35.7 Å². The number of carbonyl (C=O) groups is 3. The van der Waals surface area contributed by atoms with Crippen LogP contribution >= 0.6 is 0 Å². The molecule has 3 amide bonds. The van der Waals surface area contributed by atoms with Crippen LogP contribution in [0, 0.1) is 11.8 Å². The van der Waals surface area contributed by atoms with E-state index in [1.807, 2.05) is 17.1 Å². The lowest BCUT2D eigenvalue weighted by atomic mass is 9.80. The zero-order valence-electron chi connectivity index (χ0n) is 15.4. The van der Waals surface area contributed by atoms with Gasteiger partial charge in [-0.05, 0) is 43.9 Å². The van der Waals surface area contributed by atoms with E-state index < -0.39 is 0 Å². The number of likely N-dealkylation sites (tertiary alicyclic amines) is 1. The van der Waals surface area contributed by atoms with Gasteiger partial charge in [0.2, 0.25) is 11.8 Å². The number of amides is 3. The molecule has 4 rings (SSSR count). The summed E-state index contributed by atoms with van der Waals surface area (Å²) >= 11 is 0. The summed E-state index contributed by atoms with van der Waals surface area (Å²) in [4.78, 5) is 40.1. The van der Waals surface area contributed by atoms with E-state index in [-0.39, 0.29) is 29.6 Å². The highest BCUT2D eigenvalue weighted by atomic mass is 16.2. The van der Waals surface area contributed by atoms with E-state index in [0.29, 0.717) is 24.1 Å². The summed E-state index contributed by atoms with van der Waals surface area (Å²) < 4.78 is 0. The molecular formula is C21H25N3O3. The van der Waals surface area contributed by atoms with Crippen molar-refractivity contribution in [2.45, 2.75) is 38.5 Å². The maximum atomic E-state index is 12.9. The Balaban J connectivity index is 1.56. The molecule has 0 saturated carbocycles. The number of nitrogens with one attached hydrogen (secondary N) is 1. The van der Waals surface area contributed by atoms with Gasteiger partial charge in [0.05, 0.1) is 17.5 Å². The van der Waals surface area contributed by atoms with Crippen LogP contribution in [0.1, 0.15) is 48.9 Å². The second-order valence-corrected chi connectivity index (χ2v) is 7.56. The first-order valence-electron chi connectivity index (χ1n) is 9.84. The number of hydrogen-bond acceptors (Lipinski definition) is 3. The van der Waals surface area contributed by atoms with E-state index in [0.717, 1.165) is 38.8 Å². The van der Waals surface area contributed by atoms with Gasteiger partial charge >= 0.3 is 0 Å². The molecule has 1 aromatic carbocycles. The van der Waals surface area contributed by atoms with Gasteiger partial charge in [0, 0.05) is 18.7 Å². The van der Waals surface area contributed by atoms with Crippen molar-refractivity contribution in [3.63, 3.8) is 0 Å². The van der Waals surface area contributed by atoms with Crippen LogP contribution in [0.3, 0.4) is 0 Å². The van der Waals surface area contributed by atoms with Crippen molar-refractivity contribution in [2.75, 3.05) is 18.1 Å². The fourth-order valence-corrected chi connectivity index (χ4v) is 4.22. The maximum Gasteiger partial charge on any atom is 0.253 e. The first-order valence-corrected chi connectivity index (χ1v) is 9.84. The molecule has 1 N–H and O–H groups in total. The second-order valence-electron chi connectivity index (χ2n) is 7.56. The number of hydrogen-bond donors (Lipinski definition) is 1. The van der Waals surface area contributed by atoms with E-state index in [4.69, 9.17) is 0 Å². The molecule has 0 unspecified atom stereocenters. The molecule has 142 valence electrons. The Morgan fingerprint density at radius 1 is 0.963 bits per heavy atom. The Morgan fingerprint density at radius 2 is 1.67 bits per heavy atom. The Labute approximate surface area is 159 Å². The quantitative estimate of drug-likeness (QED) is 0.817. The third-order valence-corrected chi connectivity index (χ3v) is 5.77. The number of nitrogens with zero attached hydrogens (tertiary/aromatic N) is 2. The van der Waals surface area contributed by atoms with Crippen LogP contribution in [0.2, 0.25) is 0 Å². The Hall–Kier alpha value is -2.63. The fourth-order valence-electron chi connectivity index (χ4n) is 4.22. The van der Waals surface area contributed by atoms with Crippen LogP contribution in [0.5, 0.6) is 0 Å². The van der Waals surface area contributed by atoms with Gasteiger partial charge in [-0.1, -0.05) is 31.1 Å². The fraction of sp³-hybridized carbons (Fsp3) is 0.476. The van der Waals surface area contributed by atoms with E-state index in [1.165, 1.54) is 5.01 Å². The molecule has 0 radical (unpaired) electrons. The molecule has 1 aromatic rings. The molecule has 2 heterocycles. The molecule has 0 spiro atoms. The molecule has 0 bridgehead atoms. The molecular weight excluding hydrogens is 342 g/mol. The first kappa shape index (κ1) is 17.8. The lowest BCUT2D eigenvalue weighted by Gasteiger charge is -2.38. The molecule has 2 fully saturated rings. The number of hydrazine groups is 1. The molecule has 6 nitrogen and oxygen atoms in total. The molecule has 1 aliphatic carbocycles. The molecule has 2 aliphatic heterocycles. The highest BCUT2D eigenvalue weighted by Crippen LogP contribution is 2.32. The van der Waals surface area contributed by atoms with Crippen LogP contribution in [0.25, 0.3) is 0 Å². The zero-order chi connectivity index (χ0) is 18.8. The van der Waals surface area contributed by atoms with Crippen molar-refractivity contribution in [2.24, 2.45) is 11.8 Å². The van der Waals surface area contributed by atoms with Gasteiger partial charge in [-0.15, -0.1) is 0 Å². The van der Waals surface area contributed by atoms with Gasteiger partial charge in [0.15, 0.2) is 0 Å². The van der Waals surface area contributed by atoms with Crippen molar-refractivity contribution in [3.8, 4) is 0 Å². The Bertz CT molecular complexity index is 781. The van der Waals surface area contributed by atoms with Crippen molar-refractivity contribution in [1.29, 1.82) is 0 Å². The van der Waals surface area contributed by atoms with Crippen LogP contribution < -0.4 is 10.4 Å². The van der Waals surface area contributed by atoms with Crippen molar-refractivity contribution in [1.82, 2.24) is 10.3 Å². The van der Waals surface area contributed by atoms with Crippen LogP contribution in [-0.2, 0) is 9.59 Å². The standard InChI is InChI=1S/C21H25N3O3/c25-19-17-10-3-4-11-18(17)21(27)24(22-19)16-9-7-8-15(14-16)20(26)23-12-5-1-2-6-13-23/h3-4,7-9,14,17-18H,1-2,5-6,10-13H2,(H,22,25)/t17-,18-/m0/s1. The number of rotatable bonds is 2. The van der Waals surface area contributed by atoms with Crippen molar-refractivity contribution < 1.29 is 14.4 Å². The summed E-state index contributed by atoms with van der Waals surface area (Å²) in [6.45, 7) is 1.55. The topological polar surface area (TPSA) is 69.7 Å². The van der Waals surface area contributed by atoms with Gasteiger partial charge in [0.1, 0.15) is 0 Å². The third-order valence-electron chi connectivity index (χ3n) is 5.77. The summed E-state index contributed by atoms with van der Waals surface area (Å²) in [5.41, 5.74) is 3.82. The van der Waals surface area contributed by atoms with E-state index in [1.54, 1.807) is 24.3 Å². The largest absolute Gasteiger partial charge is 0.339 e. The lowest BCUT2D eigenvalue weighted by molar-refractivity contribution is -0.139. The molecule has 0 aromatic heterocycles. The number of carbonyl (C=O) groups excluding carboxylic acids is 3. The summed E-state index contributed by atoms with van der Waals surface area (Å²) in [6.07, 6.45) is 9.50. The summed E-state index contributed by atoms with van der Waals surface area (Å²) in [6, 6.07) is 7.02. The molecule has 27 heavy (non-hydrogen) atoms. The van der Waals surface area contributed by atoms with Crippen LogP contribution in [0.15, 0.2) is 36.4 Å². The summed E-state index contributed by atoms with van der Waals surface area (Å²) in [7, 11) is 0. The van der Waals surface area contributed by atoms with Crippen molar-refractivity contribution >= 4 is 23.4 Å². The number of anilines is 1. The van der Waals surface area contributed by atoms with E-state index >= 15 is 0 Å². The summed E-state index contributed by atoms with van der Waals surface area (Å²) in [5.74, 6) is -0.862. The highest BCUT2D eigenvalue weighted by Gasteiger charge is 2.42. The second kappa shape index (κ2) is 7.55. The van der Waals surface area contributed by atoms with E-state index in [2.05, 4.69) is 5.43 Å². The normalized spacial score (nSPS) is 25.6. The maximum absolute atomic E-state index is 12.9. The molecule has 2 saturated heterocycles. The summed E-state index contributed by atoms with van der Waals surface area (Å²) in [5, 5.41) is 1.32.